The van der Waals surface area contributed by atoms with E-state index in [9.17, 15) is 9.59 Å². The zero-order chi connectivity index (χ0) is 21.1. The van der Waals surface area contributed by atoms with E-state index < -0.39 is 0 Å². The first-order valence-corrected chi connectivity index (χ1v) is 10.3. The number of aryl methyl sites for hydroxylation is 1. The number of hydrogen-bond donors (Lipinski definition) is 1. The van der Waals surface area contributed by atoms with Gasteiger partial charge >= 0.3 is 0 Å². The van der Waals surface area contributed by atoms with Crippen LogP contribution in [0.4, 0.5) is 10.8 Å². The van der Waals surface area contributed by atoms with E-state index in [2.05, 4.69) is 20.2 Å². The fourth-order valence-electron chi connectivity index (χ4n) is 2.85. The molecule has 2 aromatic heterocycles. The number of aromatic nitrogens is 3. The van der Waals surface area contributed by atoms with Gasteiger partial charge in [0.15, 0.2) is 10.8 Å². The number of carbonyl (C=O) groups excluding carboxylic acids is 1. The number of methoxy groups -OCH3 is 1. The Kier molecular flexibility index (Phi) is 6.39. The molecule has 0 atom stereocenters. The molecule has 10 heteroatoms. The average molecular weight is 436 g/mol. The Hall–Kier alpha value is -2.65. The summed E-state index contributed by atoms with van der Waals surface area (Å²) in [6.45, 7) is 7.28. The van der Waals surface area contributed by atoms with Gasteiger partial charge in [-0.3, -0.25) is 14.2 Å². The van der Waals surface area contributed by atoms with Gasteiger partial charge in [-0.2, -0.15) is 4.98 Å². The highest BCUT2D eigenvalue weighted by Crippen LogP contribution is 2.31. The predicted octanol–water partition coefficient (Wildman–Crippen LogP) is 3.31. The minimum absolute atomic E-state index is 0.175. The number of thiazole rings is 1. The lowest BCUT2D eigenvalue weighted by molar-refractivity contribution is -0.116. The molecule has 29 heavy (non-hydrogen) atoms. The molecule has 0 fully saturated rings. The van der Waals surface area contributed by atoms with Crippen molar-refractivity contribution in [1.82, 2.24) is 14.5 Å². The smallest absolute Gasteiger partial charge is 0.273 e. The number of benzene rings is 1. The molecule has 0 saturated heterocycles. The van der Waals surface area contributed by atoms with E-state index in [1.165, 1.54) is 29.3 Å². The summed E-state index contributed by atoms with van der Waals surface area (Å²) in [6, 6.07) is 3.36. The van der Waals surface area contributed by atoms with E-state index >= 15 is 0 Å². The van der Waals surface area contributed by atoms with Gasteiger partial charge in [0.05, 0.1) is 12.8 Å². The number of fused-ring (bicyclic) bond motifs is 1. The molecule has 0 radical (unpaired) electrons. The Morgan fingerprint density at radius 1 is 1.34 bits per heavy atom. The maximum Gasteiger partial charge on any atom is 0.273 e. The molecule has 1 N–H and O–H groups in total. The number of halogens is 1. The van der Waals surface area contributed by atoms with Gasteiger partial charge in [0.25, 0.3) is 5.56 Å². The Morgan fingerprint density at radius 2 is 2.07 bits per heavy atom. The standard InChI is InChI=1S/C19H22ClN5O3S/c1-5-24(6-2)19-23-17-16(29-19)18(27)25(10-21-17)9-15(26)22-13-7-11(3)12(20)8-14(13)28-4/h7-8,10H,5-6,9H2,1-4H3,(H,22,26). The number of nitrogens with one attached hydrogen (secondary N) is 1. The van der Waals surface area contributed by atoms with Crippen LogP contribution in [0.1, 0.15) is 19.4 Å². The Bertz CT molecular complexity index is 1110. The van der Waals surface area contributed by atoms with Crippen LogP contribution in [-0.2, 0) is 11.3 Å². The molecule has 0 unspecified atom stereocenters. The van der Waals surface area contributed by atoms with Crippen molar-refractivity contribution in [2.45, 2.75) is 27.3 Å². The zero-order valence-corrected chi connectivity index (χ0v) is 18.2. The summed E-state index contributed by atoms with van der Waals surface area (Å²) in [6.07, 6.45) is 1.35. The number of nitrogens with zero attached hydrogens (tertiary/aromatic N) is 4. The quantitative estimate of drug-likeness (QED) is 0.612. The molecule has 8 nitrogen and oxygen atoms in total. The van der Waals surface area contributed by atoms with Crippen molar-refractivity contribution in [3.63, 3.8) is 0 Å². The Morgan fingerprint density at radius 3 is 2.72 bits per heavy atom. The minimum Gasteiger partial charge on any atom is -0.495 e. The lowest BCUT2D eigenvalue weighted by Gasteiger charge is -2.15. The third kappa shape index (κ3) is 4.35. The number of rotatable bonds is 7. The molecule has 0 aliphatic rings. The van der Waals surface area contributed by atoms with E-state index in [1.54, 1.807) is 12.1 Å². The van der Waals surface area contributed by atoms with Crippen LogP contribution in [0.15, 0.2) is 23.3 Å². The Labute approximate surface area is 177 Å². The first kappa shape index (κ1) is 21.1. The topological polar surface area (TPSA) is 89.3 Å². The summed E-state index contributed by atoms with van der Waals surface area (Å²) in [5, 5.41) is 4.05. The van der Waals surface area contributed by atoms with Crippen molar-refractivity contribution in [2.75, 3.05) is 30.4 Å². The summed E-state index contributed by atoms with van der Waals surface area (Å²) >= 11 is 7.39. The average Bonchev–Trinajstić information content (AvgIpc) is 3.12. The molecule has 3 aromatic rings. The van der Waals surface area contributed by atoms with Crippen molar-refractivity contribution >= 4 is 50.0 Å². The molecular weight excluding hydrogens is 414 g/mol. The number of ether oxygens (including phenoxy) is 1. The van der Waals surface area contributed by atoms with Crippen molar-refractivity contribution in [3.8, 4) is 5.75 Å². The van der Waals surface area contributed by atoms with E-state index in [4.69, 9.17) is 16.3 Å². The minimum atomic E-state index is -0.373. The van der Waals surface area contributed by atoms with Crippen LogP contribution in [-0.4, -0.2) is 40.6 Å². The highest BCUT2D eigenvalue weighted by atomic mass is 35.5. The highest BCUT2D eigenvalue weighted by molar-refractivity contribution is 7.22. The van der Waals surface area contributed by atoms with Crippen LogP contribution < -0.4 is 20.5 Å². The fourth-order valence-corrected chi connectivity index (χ4v) is 4.10. The van der Waals surface area contributed by atoms with E-state index in [0.717, 1.165) is 23.8 Å². The molecule has 1 amide bonds. The van der Waals surface area contributed by atoms with Gasteiger partial charge in [-0.1, -0.05) is 22.9 Å². The third-order valence-electron chi connectivity index (χ3n) is 4.48. The van der Waals surface area contributed by atoms with Gasteiger partial charge in [-0.25, -0.2) is 4.98 Å². The maximum atomic E-state index is 12.8. The van der Waals surface area contributed by atoms with Crippen molar-refractivity contribution in [1.29, 1.82) is 0 Å². The first-order valence-electron chi connectivity index (χ1n) is 9.12. The summed E-state index contributed by atoms with van der Waals surface area (Å²) in [4.78, 5) is 36.1. The molecule has 0 aliphatic heterocycles. The summed E-state index contributed by atoms with van der Waals surface area (Å²) in [5.74, 6) is 0.0722. The molecule has 2 heterocycles. The van der Waals surface area contributed by atoms with Crippen molar-refractivity contribution in [3.05, 3.63) is 39.4 Å². The van der Waals surface area contributed by atoms with Gasteiger partial charge in [0.1, 0.15) is 23.3 Å². The number of amides is 1. The second-order valence-corrected chi connectivity index (χ2v) is 7.73. The highest BCUT2D eigenvalue weighted by Gasteiger charge is 2.16. The molecule has 154 valence electrons. The lowest BCUT2D eigenvalue weighted by Crippen LogP contribution is -2.27. The second kappa shape index (κ2) is 8.79. The van der Waals surface area contributed by atoms with Crippen LogP contribution in [0.5, 0.6) is 5.75 Å². The van der Waals surface area contributed by atoms with Crippen LogP contribution in [0.2, 0.25) is 5.02 Å². The Balaban J connectivity index is 1.85. The first-order chi connectivity index (χ1) is 13.9. The number of carbonyl (C=O) groups is 1. The van der Waals surface area contributed by atoms with Crippen LogP contribution in [0, 0.1) is 6.92 Å². The van der Waals surface area contributed by atoms with Gasteiger partial charge in [0, 0.05) is 24.2 Å². The van der Waals surface area contributed by atoms with Crippen LogP contribution >= 0.6 is 22.9 Å². The summed E-state index contributed by atoms with van der Waals surface area (Å²) in [7, 11) is 1.50. The lowest BCUT2D eigenvalue weighted by atomic mass is 10.2. The van der Waals surface area contributed by atoms with Crippen LogP contribution in [0.25, 0.3) is 10.3 Å². The molecule has 0 saturated carbocycles. The van der Waals surface area contributed by atoms with Crippen molar-refractivity contribution < 1.29 is 9.53 Å². The number of anilines is 2. The van der Waals surface area contributed by atoms with Gasteiger partial charge < -0.3 is 15.0 Å². The van der Waals surface area contributed by atoms with Gasteiger partial charge in [-0.15, -0.1) is 0 Å². The molecule has 0 bridgehead atoms. The third-order valence-corrected chi connectivity index (χ3v) is 5.98. The molecule has 0 spiro atoms. The zero-order valence-electron chi connectivity index (χ0n) is 16.7. The van der Waals surface area contributed by atoms with Crippen molar-refractivity contribution in [2.24, 2.45) is 0 Å². The normalized spacial score (nSPS) is 10.9. The maximum absolute atomic E-state index is 12.8. The monoisotopic (exact) mass is 435 g/mol. The second-order valence-electron chi connectivity index (χ2n) is 6.35. The molecule has 3 rings (SSSR count). The summed E-state index contributed by atoms with van der Waals surface area (Å²) < 4.78 is 6.98. The fraction of sp³-hybridized carbons (Fsp3) is 0.368. The number of hydrogen-bond acceptors (Lipinski definition) is 7. The SMILES string of the molecule is CCN(CC)c1nc2ncn(CC(=O)Nc3cc(C)c(Cl)cc3OC)c(=O)c2s1. The van der Waals surface area contributed by atoms with Crippen LogP contribution in [0.3, 0.4) is 0 Å². The van der Waals surface area contributed by atoms with E-state index in [0.29, 0.717) is 26.8 Å². The van der Waals surface area contributed by atoms with Gasteiger partial charge in [0.2, 0.25) is 5.91 Å². The van der Waals surface area contributed by atoms with E-state index in [1.807, 2.05) is 20.8 Å². The summed E-state index contributed by atoms with van der Waals surface area (Å²) in [5.41, 5.74) is 1.40. The predicted molar refractivity (Wildman–Crippen MR) is 117 cm³/mol. The molecule has 0 aliphatic carbocycles. The largest absolute Gasteiger partial charge is 0.495 e. The molecule has 1 aromatic carbocycles. The van der Waals surface area contributed by atoms with E-state index in [-0.39, 0.29) is 18.0 Å². The molecular formula is C19H22ClN5O3S. The van der Waals surface area contributed by atoms with Gasteiger partial charge in [-0.05, 0) is 32.4 Å².